The summed E-state index contributed by atoms with van der Waals surface area (Å²) in [5.74, 6) is 0.525. The third-order valence-corrected chi connectivity index (χ3v) is 4.12. The molecule has 1 unspecified atom stereocenters. The maximum Gasteiger partial charge on any atom is 0.0453 e. The molecule has 0 saturated carbocycles. The van der Waals surface area contributed by atoms with Crippen LogP contribution in [0.1, 0.15) is 91.9 Å². The predicted molar refractivity (Wildman–Crippen MR) is 90.1 cm³/mol. The van der Waals surface area contributed by atoms with Crippen molar-refractivity contribution >= 4 is 11.6 Å². The summed E-state index contributed by atoms with van der Waals surface area (Å²) in [6.45, 7) is 8.82. The molecule has 0 nitrogen and oxygen atoms in total. The van der Waals surface area contributed by atoms with E-state index in [4.69, 9.17) is 11.6 Å². The van der Waals surface area contributed by atoms with Crippen molar-refractivity contribution in [2.75, 3.05) is 0 Å². The smallest absolute Gasteiger partial charge is 0.0453 e. The Morgan fingerprint density at radius 3 is 2.05 bits per heavy atom. The molecule has 114 valence electrons. The minimum Gasteiger partial charge on any atom is -0.119 e. The Morgan fingerprint density at radius 2 is 1.47 bits per heavy atom. The number of unbranched alkanes of at least 4 members (excludes halogenated alkanes) is 7. The molecule has 0 spiro atoms. The molecule has 0 fully saturated rings. The van der Waals surface area contributed by atoms with E-state index in [1.54, 1.807) is 0 Å². The molecule has 1 heteroatoms. The van der Waals surface area contributed by atoms with Gasteiger partial charge in [0.05, 0.1) is 0 Å². The van der Waals surface area contributed by atoms with Gasteiger partial charge in [0.15, 0.2) is 0 Å². The second-order valence-electron chi connectivity index (χ2n) is 6.30. The SMILES string of the molecule is CCCCC=CC(CCCCCCCC)C(C)(C)Cl. The average Bonchev–Trinajstić information content (AvgIpc) is 2.34. The predicted octanol–water partition coefficient (Wildman–Crippen LogP) is 7.12. The summed E-state index contributed by atoms with van der Waals surface area (Å²) >= 11 is 6.52. The number of hydrogen-bond acceptors (Lipinski definition) is 0. The quantitative estimate of drug-likeness (QED) is 0.204. The van der Waals surface area contributed by atoms with E-state index < -0.39 is 0 Å². The van der Waals surface area contributed by atoms with Crippen LogP contribution in [0.5, 0.6) is 0 Å². The van der Waals surface area contributed by atoms with Gasteiger partial charge in [-0.1, -0.05) is 77.4 Å². The monoisotopic (exact) mass is 286 g/mol. The summed E-state index contributed by atoms with van der Waals surface area (Å²) in [7, 11) is 0. The van der Waals surface area contributed by atoms with E-state index in [1.165, 1.54) is 64.2 Å². The molecule has 0 bridgehead atoms. The number of alkyl halides is 1. The lowest BCUT2D eigenvalue weighted by molar-refractivity contribution is 0.439. The van der Waals surface area contributed by atoms with Gasteiger partial charge >= 0.3 is 0 Å². The zero-order valence-corrected chi connectivity index (χ0v) is 14.4. The van der Waals surface area contributed by atoms with Crippen molar-refractivity contribution in [1.82, 2.24) is 0 Å². The maximum atomic E-state index is 6.52. The molecule has 0 aliphatic carbocycles. The minimum atomic E-state index is -0.105. The molecule has 0 amide bonds. The van der Waals surface area contributed by atoms with Crippen molar-refractivity contribution in [2.45, 2.75) is 96.8 Å². The Hall–Kier alpha value is 0.0300. The molecule has 0 aromatic carbocycles. The van der Waals surface area contributed by atoms with Gasteiger partial charge in [0.1, 0.15) is 0 Å². The van der Waals surface area contributed by atoms with Gasteiger partial charge < -0.3 is 0 Å². The Bertz CT molecular complexity index is 212. The van der Waals surface area contributed by atoms with E-state index in [2.05, 4.69) is 39.8 Å². The van der Waals surface area contributed by atoms with E-state index in [-0.39, 0.29) is 4.87 Å². The summed E-state index contributed by atoms with van der Waals surface area (Å²) in [5.41, 5.74) is 0. The van der Waals surface area contributed by atoms with Crippen molar-refractivity contribution in [3.05, 3.63) is 12.2 Å². The highest BCUT2D eigenvalue weighted by molar-refractivity contribution is 6.23. The maximum absolute atomic E-state index is 6.52. The molecule has 0 aliphatic rings. The van der Waals surface area contributed by atoms with Gasteiger partial charge in [-0.3, -0.25) is 0 Å². The molecule has 0 N–H and O–H groups in total. The molecular weight excluding hydrogens is 252 g/mol. The van der Waals surface area contributed by atoms with Crippen LogP contribution >= 0.6 is 11.6 Å². The molecule has 1 atom stereocenters. The summed E-state index contributed by atoms with van der Waals surface area (Å²) < 4.78 is 0. The third-order valence-electron chi connectivity index (χ3n) is 3.84. The van der Waals surface area contributed by atoms with Crippen LogP contribution in [-0.4, -0.2) is 4.87 Å². The molecule has 0 aliphatic heterocycles. The highest BCUT2D eigenvalue weighted by atomic mass is 35.5. The Morgan fingerprint density at radius 1 is 0.895 bits per heavy atom. The molecule has 0 rings (SSSR count). The molecule has 0 aromatic heterocycles. The molecule has 19 heavy (non-hydrogen) atoms. The van der Waals surface area contributed by atoms with Crippen LogP contribution in [0.3, 0.4) is 0 Å². The second kappa shape index (κ2) is 11.8. The van der Waals surface area contributed by atoms with Crippen LogP contribution in [0.2, 0.25) is 0 Å². The first-order valence-corrected chi connectivity index (χ1v) is 8.75. The number of hydrogen-bond donors (Lipinski definition) is 0. The summed E-state index contributed by atoms with van der Waals surface area (Å²) in [5, 5.41) is 0. The van der Waals surface area contributed by atoms with Crippen molar-refractivity contribution in [2.24, 2.45) is 5.92 Å². The number of halogens is 1. The normalized spacial score (nSPS) is 14.2. The molecule has 0 radical (unpaired) electrons. The lowest BCUT2D eigenvalue weighted by atomic mass is 9.88. The highest BCUT2D eigenvalue weighted by Crippen LogP contribution is 2.30. The standard InChI is InChI=1S/C18H35Cl/c1-5-7-9-11-12-14-16-17(18(3,4)19)15-13-10-8-6-2/h13,15,17H,5-12,14,16H2,1-4H3. The van der Waals surface area contributed by atoms with Crippen LogP contribution in [0, 0.1) is 5.92 Å². The first kappa shape index (κ1) is 19.0. The Labute approximate surface area is 127 Å². The molecule has 0 heterocycles. The molecular formula is C18H35Cl. The minimum absolute atomic E-state index is 0.105. The van der Waals surface area contributed by atoms with Gasteiger partial charge in [0.25, 0.3) is 0 Å². The fourth-order valence-corrected chi connectivity index (χ4v) is 2.58. The third kappa shape index (κ3) is 11.5. The topological polar surface area (TPSA) is 0 Å². The number of allylic oxidation sites excluding steroid dienone is 2. The fourth-order valence-electron chi connectivity index (χ4n) is 2.40. The lowest BCUT2D eigenvalue weighted by Gasteiger charge is -2.26. The van der Waals surface area contributed by atoms with E-state index in [1.807, 2.05) is 0 Å². The van der Waals surface area contributed by atoms with Gasteiger partial charge in [-0.05, 0) is 32.6 Å². The van der Waals surface area contributed by atoms with E-state index in [0.717, 1.165) is 0 Å². The van der Waals surface area contributed by atoms with Crippen LogP contribution < -0.4 is 0 Å². The summed E-state index contributed by atoms with van der Waals surface area (Å²) in [4.78, 5) is -0.105. The van der Waals surface area contributed by atoms with E-state index >= 15 is 0 Å². The van der Waals surface area contributed by atoms with Gasteiger partial charge in [0, 0.05) is 4.87 Å². The lowest BCUT2D eigenvalue weighted by Crippen LogP contribution is -2.22. The Balaban J connectivity index is 3.91. The first-order chi connectivity index (χ1) is 9.02. The zero-order valence-electron chi connectivity index (χ0n) is 13.7. The van der Waals surface area contributed by atoms with Crippen molar-refractivity contribution < 1.29 is 0 Å². The van der Waals surface area contributed by atoms with Gasteiger partial charge in [-0.15, -0.1) is 11.6 Å². The summed E-state index contributed by atoms with van der Waals surface area (Å²) in [6, 6.07) is 0. The fraction of sp³-hybridized carbons (Fsp3) is 0.889. The first-order valence-electron chi connectivity index (χ1n) is 8.38. The van der Waals surface area contributed by atoms with Gasteiger partial charge in [-0.25, -0.2) is 0 Å². The highest BCUT2D eigenvalue weighted by Gasteiger charge is 2.23. The largest absolute Gasteiger partial charge is 0.119 e. The van der Waals surface area contributed by atoms with Crippen LogP contribution in [0.25, 0.3) is 0 Å². The van der Waals surface area contributed by atoms with Crippen LogP contribution in [0.15, 0.2) is 12.2 Å². The second-order valence-corrected chi connectivity index (χ2v) is 7.27. The van der Waals surface area contributed by atoms with Crippen molar-refractivity contribution in [1.29, 1.82) is 0 Å². The van der Waals surface area contributed by atoms with Gasteiger partial charge in [0.2, 0.25) is 0 Å². The molecule has 0 saturated heterocycles. The van der Waals surface area contributed by atoms with E-state index in [0.29, 0.717) is 5.92 Å². The van der Waals surface area contributed by atoms with Crippen LogP contribution in [-0.2, 0) is 0 Å². The van der Waals surface area contributed by atoms with Crippen molar-refractivity contribution in [3.63, 3.8) is 0 Å². The Kier molecular flexibility index (Phi) is 11.8. The van der Waals surface area contributed by atoms with E-state index in [9.17, 15) is 0 Å². The zero-order chi connectivity index (χ0) is 14.6. The van der Waals surface area contributed by atoms with Crippen LogP contribution in [0.4, 0.5) is 0 Å². The van der Waals surface area contributed by atoms with Crippen molar-refractivity contribution in [3.8, 4) is 0 Å². The molecule has 0 aromatic rings. The average molecular weight is 287 g/mol. The number of rotatable bonds is 12. The van der Waals surface area contributed by atoms with Gasteiger partial charge in [-0.2, -0.15) is 0 Å². The summed E-state index contributed by atoms with van der Waals surface area (Å²) in [6.07, 6.45) is 17.9.